The van der Waals surface area contributed by atoms with Crippen molar-refractivity contribution < 1.29 is 19.2 Å². The number of non-ortho nitro benzene ring substituents is 1. The molecule has 0 spiro atoms. The number of ether oxygens (including phenoxy) is 2. The van der Waals surface area contributed by atoms with Crippen molar-refractivity contribution in [3.8, 4) is 11.5 Å². The number of nitrogens with zero attached hydrogens (tertiary/aromatic N) is 1. The van der Waals surface area contributed by atoms with Crippen LogP contribution in [0.25, 0.3) is 0 Å². The molecule has 3 aromatic rings. The van der Waals surface area contributed by atoms with Crippen LogP contribution in [-0.4, -0.2) is 17.9 Å². The van der Waals surface area contributed by atoms with E-state index >= 15 is 0 Å². The predicted molar refractivity (Wildman–Crippen MR) is 109 cm³/mol. The number of nitrogens with one attached hydrogen (secondary N) is 1. The zero-order valence-electron chi connectivity index (χ0n) is 16.0. The smallest absolute Gasteiger partial charge is 0.270 e. The van der Waals surface area contributed by atoms with Gasteiger partial charge in [-0.05, 0) is 36.8 Å². The van der Waals surface area contributed by atoms with Gasteiger partial charge in [-0.25, -0.2) is 0 Å². The van der Waals surface area contributed by atoms with Crippen molar-refractivity contribution >= 4 is 17.3 Å². The van der Waals surface area contributed by atoms with E-state index in [0.717, 1.165) is 5.56 Å². The average Bonchev–Trinajstić information content (AvgIpc) is 2.73. The van der Waals surface area contributed by atoms with E-state index in [9.17, 15) is 14.9 Å². The second-order valence-electron chi connectivity index (χ2n) is 6.35. The topological polar surface area (TPSA) is 90.7 Å². The number of benzene rings is 3. The van der Waals surface area contributed by atoms with Gasteiger partial charge in [-0.2, -0.15) is 0 Å². The van der Waals surface area contributed by atoms with Gasteiger partial charge in [0, 0.05) is 17.7 Å². The van der Waals surface area contributed by atoms with Crippen LogP contribution >= 0.6 is 0 Å². The first-order chi connectivity index (χ1) is 14.0. The minimum absolute atomic E-state index is 0.0532. The van der Waals surface area contributed by atoms with Crippen LogP contribution in [0.3, 0.4) is 0 Å². The van der Waals surface area contributed by atoms with Crippen LogP contribution in [0.2, 0.25) is 0 Å². The quantitative estimate of drug-likeness (QED) is 0.466. The second-order valence-corrected chi connectivity index (χ2v) is 6.35. The third-order valence-electron chi connectivity index (χ3n) is 4.25. The Morgan fingerprint density at radius 1 is 1.03 bits per heavy atom. The molecule has 3 rings (SSSR count). The molecule has 0 bridgehead atoms. The molecule has 0 aliphatic rings. The van der Waals surface area contributed by atoms with E-state index in [4.69, 9.17) is 9.47 Å². The van der Waals surface area contributed by atoms with Gasteiger partial charge in [0.25, 0.3) is 11.6 Å². The molecule has 7 nitrogen and oxygen atoms in total. The average molecular weight is 392 g/mol. The molecule has 1 amide bonds. The number of hydrogen-bond donors (Lipinski definition) is 1. The highest BCUT2D eigenvalue weighted by atomic mass is 16.6. The minimum Gasteiger partial charge on any atom is -0.495 e. The van der Waals surface area contributed by atoms with E-state index in [0.29, 0.717) is 22.7 Å². The lowest BCUT2D eigenvalue weighted by Crippen LogP contribution is -2.26. The number of amides is 1. The minimum atomic E-state index is -0.956. The van der Waals surface area contributed by atoms with Crippen LogP contribution in [0, 0.1) is 17.0 Å². The molecule has 0 aromatic heterocycles. The van der Waals surface area contributed by atoms with Crippen LogP contribution in [-0.2, 0) is 4.79 Å². The molecular weight excluding hydrogens is 372 g/mol. The first kappa shape index (κ1) is 19.9. The molecule has 0 saturated heterocycles. The van der Waals surface area contributed by atoms with Crippen molar-refractivity contribution in [1.29, 1.82) is 0 Å². The summed E-state index contributed by atoms with van der Waals surface area (Å²) >= 11 is 0. The van der Waals surface area contributed by atoms with Gasteiger partial charge >= 0.3 is 0 Å². The zero-order valence-corrected chi connectivity index (χ0v) is 16.0. The van der Waals surface area contributed by atoms with Crippen LogP contribution < -0.4 is 14.8 Å². The largest absolute Gasteiger partial charge is 0.495 e. The number of hydrogen-bond acceptors (Lipinski definition) is 5. The number of aryl methyl sites for hydroxylation is 1. The van der Waals surface area contributed by atoms with Gasteiger partial charge in [0.1, 0.15) is 11.5 Å². The Morgan fingerprint density at radius 3 is 2.34 bits per heavy atom. The fraction of sp³-hybridized carbons (Fsp3) is 0.136. The van der Waals surface area contributed by atoms with Crippen LogP contribution in [0.4, 0.5) is 11.4 Å². The van der Waals surface area contributed by atoms with Gasteiger partial charge in [-0.15, -0.1) is 0 Å². The number of methoxy groups -OCH3 is 1. The third-order valence-corrected chi connectivity index (χ3v) is 4.25. The van der Waals surface area contributed by atoms with Crippen molar-refractivity contribution in [3.63, 3.8) is 0 Å². The van der Waals surface area contributed by atoms with E-state index in [1.165, 1.54) is 31.4 Å². The zero-order chi connectivity index (χ0) is 20.8. The molecular formula is C22H20N2O5. The Labute approximate surface area is 168 Å². The van der Waals surface area contributed by atoms with Crippen molar-refractivity contribution in [2.45, 2.75) is 13.0 Å². The SMILES string of the molecule is COc1ccc(C)cc1NC(=O)[C@@H](Oc1ccc([N+](=O)[O-])cc1)c1ccccc1. The van der Waals surface area contributed by atoms with E-state index in [1.54, 1.807) is 18.2 Å². The summed E-state index contributed by atoms with van der Waals surface area (Å²) in [5, 5.41) is 13.7. The highest BCUT2D eigenvalue weighted by molar-refractivity contribution is 5.96. The van der Waals surface area contributed by atoms with Gasteiger partial charge in [0.2, 0.25) is 6.10 Å². The summed E-state index contributed by atoms with van der Waals surface area (Å²) < 4.78 is 11.2. The molecule has 0 aliphatic heterocycles. The Balaban J connectivity index is 1.88. The van der Waals surface area contributed by atoms with Gasteiger partial charge in [-0.1, -0.05) is 36.4 Å². The van der Waals surface area contributed by atoms with Crippen LogP contribution in [0.15, 0.2) is 72.8 Å². The normalized spacial score (nSPS) is 11.4. The standard InChI is InChI=1S/C22H20N2O5/c1-15-8-13-20(28-2)19(14-15)23-22(25)21(16-6-4-3-5-7-16)29-18-11-9-17(10-12-18)24(26)27/h3-14,21H,1-2H3,(H,23,25)/t21-/m0/s1. The van der Waals surface area contributed by atoms with Crippen LogP contribution in [0.5, 0.6) is 11.5 Å². The summed E-state index contributed by atoms with van der Waals surface area (Å²) in [7, 11) is 1.53. The maximum absolute atomic E-state index is 13.1. The predicted octanol–water partition coefficient (Wildman–Crippen LogP) is 4.67. The fourth-order valence-corrected chi connectivity index (χ4v) is 2.80. The third kappa shape index (κ3) is 4.90. The maximum Gasteiger partial charge on any atom is 0.270 e. The summed E-state index contributed by atoms with van der Waals surface area (Å²) in [6, 6.07) is 20.1. The van der Waals surface area contributed by atoms with E-state index in [-0.39, 0.29) is 5.69 Å². The Kier molecular flexibility index (Phi) is 6.09. The molecule has 0 unspecified atom stereocenters. The maximum atomic E-state index is 13.1. The molecule has 7 heteroatoms. The summed E-state index contributed by atoms with van der Waals surface area (Å²) in [5.41, 5.74) is 2.09. The van der Waals surface area contributed by atoms with E-state index in [1.807, 2.05) is 37.3 Å². The first-order valence-corrected chi connectivity index (χ1v) is 8.89. The Hall–Kier alpha value is -3.87. The molecule has 3 aromatic carbocycles. The molecule has 0 radical (unpaired) electrons. The summed E-state index contributed by atoms with van der Waals surface area (Å²) in [5.74, 6) is 0.486. The Bertz CT molecular complexity index is 1000. The lowest BCUT2D eigenvalue weighted by molar-refractivity contribution is -0.384. The number of nitro groups is 1. The van der Waals surface area contributed by atoms with Gasteiger partial charge in [0.05, 0.1) is 17.7 Å². The molecule has 29 heavy (non-hydrogen) atoms. The molecule has 1 atom stereocenters. The van der Waals surface area contributed by atoms with Gasteiger partial charge < -0.3 is 14.8 Å². The Morgan fingerprint density at radius 2 is 1.72 bits per heavy atom. The fourth-order valence-electron chi connectivity index (χ4n) is 2.80. The van der Waals surface area contributed by atoms with Crippen molar-refractivity contribution in [1.82, 2.24) is 0 Å². The van der Waals surface area contributed by atoms with E-state index in [2.05, 4.69) is 5.32 Å². The molecule has 0 heterocycles. The summed E-state index contributed by atoms with van der Waals surface area (Å²) in [6.07, 6.45) is -0.956. The summed E-state index contributed by atoms with van der Waals surface area (Å²) in [6.45, 7) is 1.91. The molecule has 1 N–H and O–H groups in total. The van der Waals surface area contributed by atoms with Crippen molar-refractivity contribution in [2.24, 2.45) is 0 Å². The second kappa shape index (κ2) is 8.88. The van der Waals surface area contributed by atoms with Gasteiger partial charge in [-0.3, -0.25) is 14.9 Å². The summed E-state index contributed by atoms with van der Waals surface area (Å²) in [4.78, 5) is 23.4. The number of anilines is 1. The van der Waals surface area contributed by atoms with E-state index < -0.39 is 16.9 Å². The highest BCUT2D eigenvalue weighted by Crippen LogP contribution is 2.29. The highest BCUT2D eigenvalue weighted by Gasteiger charge is 2.24. The van der Waals surface area contributed by atoms with Crippen LogP contribution in [0.1, 0.15) is 17.2 Å². The number of carbonyl (C=O) groups excluding carboxylic acids is 1. The molecule has 0 saturated carbocycles. The van der Waals surface area contributed by atoms with Crippen molar-refractivity contribution in [3.05, 3.63) is 94.0 Å². The lowest BCUT2D eigenvalue weighted by Gasteiger charge is -2.20. The molecule has 148 valence electrons. The number of nitro benzene ring substituents is 1. The van der Waals surface area contributed by atoms with Gasteiger partial charge in [0.15, 0.2) is 0 Å². The first-order valence-electron chi connectivity index (χ1n) is 8.89. The molecule has 0 aliphatic carbocycles. The lowest BCUT2D eigenvalue weighted by atomic mass is 10.1. The number of carbonyl (C=O) groups is 1. The van der Waals surface area contributed by atoms with Crippen molar-refractivity contribution in [2.75, 3.05) is 12.4 Å². The number of rotatable bonds is 7. The molecule has 0 fully saturated rings. The monoisotopic (exact) mass is 392 g/mol.